The first-order chi connectivity index (χ1) is 16.5. The van der Waals surface area contributed by atoms with Crippen molar-refractivity contribution in [1.82, 2.24) is 0 Å². The molecule has 0 atom stereocenters. The molecule has 0 fully saturated rings. The van der Waals surface area contributed by atoms with Gasteiger partial charge < -0.3 is 5.73 Å². The molecule has 0 spiro atoms. The molecule has 1 aliphatic rings. The minimum Gasteiger partial charge on any atom is -0.402 e. The molecule has 2 N–H and O–H groups in total. The molecule has 5 heteroatoms. The van der Waals surface area contributed by atoms with Crippen LogP contribution in [0.15, 0.2) is 76.0 Å². The van der Waals surface area contributed by atoms with Gasteiger partial charge in [-0.2, -0.15) is 0 Å². The molecule has 2 aromatic heterocycles. The Morgan fingerprint density at radius 1 is 0.676 bits per heavy atom. The van der Waals surface area contributed by atoms with Crippen LogP contribution in [0.2, 0.25) is 0 Å². The Balaban J connectivity index is 1.44. The number of aryl methyl sites for hydroxylation is 1. The van der Waals surface area contributed by atoms with Gasteiger partial charge in [-0.15, -0.1) is 22.7 Å². The van der Waals surface area contributed by atoms with Gasteiger partial charge in [0.25, 0.3) is 0 Å². The van der Waals surface area contributed by atoms with Crippen LogP contribution in [-0.4, -0.2) is 0 Å². The summed E-state index contributed by atoms with van der Waals surface area (Å²) < 4.78 is 1.95. The summed E-state index contributed by atoms with van der Waals surface area (Å²) in [6, 6.07) is 16.3. The molecule has 0 aliphatic heterocycles. The van der Waals surface area contributed by atoms with E-state index in [1.807, 2.05) is 30.3 Å². The number of hydrogen-bond donors (Lipinski definition) is 1. The summed E-state index contributed by atoms with van der Waals surface area (Å²) >= 11 is 3.27. The lowest BCUT2D eigenvalue weighted by molar-refractivity contribution is 0.961. The summed E-state index contributed by atoms with van der Waals surface area (Å²) in [6.45, 7) is 2.07. The molecule has 4 aromatic carbocycles. The van der Waals surface area contributed by atoms with Gasteiger partial charge in [-0.3, -0.25) is 9.59 Å². The quantitative estimate of drug-likeness (QED) is 0.292. The third kappa shape index (κ3) is 2.74. The second kappa shape index (κ2) is 6.98. The molecule has 0 saturated carbocycles. The first-order valence-corrected chi connectivity index (χ1v) is 12.9. The summed E-state index contributed by atoms with van der Waals surface area (Å²) in [7, 11) is 0. The van der Waals surface area contributed by atoms with E-state index in [9.17, 15) is 9.59 Å². The minimum atomic E-state index is 0.0516. The van der Waals surface area contributed by atoms with Gasteiger partial charge in [0.15, 0.2) is 10.9 Å². The van der Waals surface area contributed by atoms with Gasteiger partial charge in [0, 0.05) is 57.2 Å². The van der Waals surface area contributed by atoms with Crippen molar-refractivity contribution in [1.29, 1.82) is 0 Å². The molecule has 34 heavy (non-hydrogen) atoms. The predicted molar refractivity (Wildman–Crippen MR) is 147 cm³/mol. The van der Waals surface area contributed by atoms with Crippen molar-refractivity contribution in [3.8, 4) is 10.4 Å². The highest BCUT2D eigenvalue weighted by molar-refractivity contribution is 7.23. The van der Waals surface area contributed by atoms with Crippen molar-refractivity contribution in [2.75, 3.05) is 0 Å². The largest absolute Gasteiger partial charge is 0.402 e. The zero-order valence-electron chi connectivity index (χ0n) is 18.4. The van der Waals surface area contributed by atoms with E-state index in [0.29, 0.717) is 10.8 Å². The second-order valence-corrected chi connectivity index (χ2v) is 11.2. The molecule has 6 aromatic rings. The zero-order valence-corrected chi connectivity index (χ0v) is 20.0. The molecular formula is C29H19NO2S2. The molecule has 3 nitrogen and oxygen atoms in total. The molecule has 0 radical (unpaired) electrons. The van der Waals surface area contributed by atoms with Gasteiger partial charge in [0.2, 0.25) is 0 Å². The number of rotatable bonds is 2. The van der Waals surface area contributed by atoms with Gasteiger partial charge in [-0.1, -0.05) is 35.9 Å². The molecular weight excluding hydrogens is 458 g/mol. The monoisotopic (exact) mass is 477 g/mol. The predicted octanol–water partition coefficient (Wildman–Crippen LogP) is 7.01. The first-order valence-electron chi connectivity index (χ1n) is 11.3. The Hall–Kier alpha value is -3.54. The second-order valence-electron chi connectivity index (χ2n) is 9.11. The Bertz CT molecular complexity index is 1960. The smallest absolute Gasteiger partial charge is 0.195 e. The molecule has 2 heterocycles. The van der Waals surface area contributed by atoms with E-state index in [1.165, 1.54) is 11.1 Å². The molecule has 7 rings (SSSR count). The first kappa shape index (κ1) is 19.9. The lowest BCUT2D eigenvalue weighted by Gasteiger charge is -2.09. The summed E-state index contributed by atoms with van der Waals surface area (Å²) in [5.41, 5.74) is 10.4. The van der Waals surface area contributed by atoms with Gasteiger partial charge >= 0.3 is 0 Å². The van der Waals surface area contributed by atoms with Crippen molar-refractivity contribution in [3.05, 3.63) is 97.3 Å². The Morgan fingerprint density at radius 2 is 1.26 bits per heavy atom. The Morgan fingerprint density at radius 3 is 1.85 bits per heavy atom. The van der Waals surface area contributed by atoms with Crippen LogP contribution in [-0.2, 0) is 0 Å². The molecule has 0 bridgehead atoms. The van der Waals surface area contributed by atoms with Crippen LogP contribution in [0.5, 0.6) is 0 Å². The maximum absolute atomic E-state index is 13.4. The van der Waals surface area contributed by atoms with Gasteiger partial charge in [0.1, 0.15) is 0 Å². The zero-order chi connectivity index (χ0) is 23.1. The fourth-order valence-corrected chi connectivity index (χ4v) is 7.47. The van der Waals surface area contributed by atoms with Crippen LogP contribution in [0.1, 0.15) is 23.3 Å². The third-order valence-electron chi connectivity index (χ3n) is 6.92. The number of thiophene rings is 2. The fraction of sp³-hybridized carbons (Fsp3) is 0.103. The lowest BCUT2D eigenvalue weighted by atomic mass is 10.0. The number of benzene rings is 2. The van der Waals surface area contributed by atoms with Crippen LogP contribution in [0.3, 0.4) is 0 Å². The van der Waals surface area contributed by atoms with E-state index in [0.717, 1.165) is 64.8 Å². The maximum atomic E-state index is 13.4. The normalized spacial score (nSPS) is 14.5. The number of allylic oxidation sites excluding steroid dienone is 4. The van der Waals surface area contributed by atoms with E-state index in [-0.39, 0.29) is 10.9 Å². The highest BCUT2D eigenvalue weighted by Crippen LogP contribution is 2.42. The van der Waals surface area contributed by atoms with Crippen molar-refractivity contribution < 1.29 is 0 Å². The maximum Gasteiger partial charge on any atom is 0.195 e. The van der Waals surface area contributed by atoms with E-state index < -0.39 is 0 Å². The molecule has 0 saturated heterocycles. The minimum absolute atomic E-state index is 0.0516. The van der Waals surface area contributed by atoms with Gasteiger partial charge in [-0.05, 0) is 61.2 Å². The average Bonchev–Trinajstić information content (AvgIpc) is 3.58. The van der Waals surface area contributed by atoms with Crippen LogP contribution in [0.25, 0.3) is 57.7 Å². The molecule has 0 unspecified atom stereocenters. The van der Waals surface area contributed by atoms with Crippen molar-refractivity contribution in [3.63, 3.8) is 0 Å². The average molecular weight is 478 g/mol. The highest BCUT2D eigenvalue weighted by atomic mass is 32.1. The number of nitrogens with two attached hydrogens (primary N) is 1. The SMILES string of the molecule is Cc1ccc(-c2cc3c(=O)c4cc5c(cc4c3s2)c(=O)c2cc(C3=CC=C(N)CC3)sc25)cc1. The van der Waals surface area contributed by atoms with Crippen molar-refractivity contribution in [2.45, 2.75) is 19.8 Å². The van der Waals surface area contributed by atoms with Crippen molar-refractivity contribution in [2.24, 2.45) is 5.73 Å². The van der Waals surface area contributed by atoms with Crippen LogP contribution in [0.4, 0.5) is 0 Å². The standard InChI is InChI=1S/C29H19NO2S2/c1-14-2-4-15(5-3-14)24-12-22-26(31)18-11-21-19(10-20(18)28(22)33-24)27(32)23-13-25(34-29(21)23)16-6-8-17(30)9-7-16/h2-6,8,10-13H,7,9,30H2,1H3. The van der Waals surface area contributed by atoms with Crippen molar-refractivity contribution >= 4 is 70.0 Å². The van der Waals surface area contributed by atoms with Crippen LogP contribution >= 0.6 is 22.7 Å². The Kier molecular flexibility index (Phi) is 4.08. The Labute approximate surface area is 202 Å². The number of fused-ring (bicyclic) bond motifs is 6. The van der Waals surface area contributed by atoms with Crippen LogP contribution < -0.4 is 16.6 Å². The van der Waals surface area contributed by atoms with Gasteiger partial charge in [0.05, 0.1) is 0 Å². The fourth-order valence-electron chi connectivity index (χ4n) is 5.04. The molecule has 0 amide bonds. The van der Waals surface area contributed by atoms with Gasteiger partial charge in [-0.25, -0.2) is 0 Å². The lowest BCUT2D eigenvalue weighted by Crippen LogP contribution is -2.00. The molecule has 1 aliphatic carbocycles. The topological polar surface area (TPSA) is 60.2 Å². The third-order valence-corrected chi connectivity index (χ3v) is 9.39. The summed E-state index contributed by atoms with van der Waals surface area (Å²) in [4.78, 5) is 28.9. The van der Waals surface area contributed by atoms with E-state index in [2.05, 4.69) is 37.3 Å². The summed E-state index contributed by atoms with van der Waals surface area (Å²) in [5, 5.41) is 4.69. The summed E-state index contributed by atoms with van der Waals surface area (Å²) in [6.07, 6.45) is 5.73. The summed E-state index contributed by atoms with van der Waals surface area (Å²) in [5.74, 6) is 0. The van der Waals surface area contributed by atoms with Crippen LogP contribution in [0, 0.1) is 6.92 Å². The number of hydrogen-bond acceptors (Lipinski definition) is 5. The molecule has 164 valence electrons. The van der Waals surface area contributed by atoms with E-state index in [1.54, 1.807) is 22.7 Å². The highest BCUT2D eigenvalue weighted by Gasteiger charge is 2.21. The van der Waals surface area contributed by atoms with E-state index in [4.69, 9.17) is 5.73 Å². The van der Waals surface area contributed by atoms with E-state index >= 15 is 0 Å².